The standard InChI is InChI=1S/C28H32FNO3/c29-25-13-11-21(12-14-25)27(32)22-15-17-30(18-16-22)19-26(31)20-33-28(23-7-3-1-4-8-23)24-9-5-2-6-10-24/h1-14,22,26-28,31-32H,15-20H2. The van der Waals surface area contributed by atoms with Gasteiger partial charge >= 0.3 is 0 Å². The monoisotopic (exact) mass is 449 g/mol. The quantitative estimate of drug-likeness (QED) is 0.496. The molecule has 2 atom stereocenters. The van der Waals surface area contributed by atoms with Crippen molar-refractivity contribution in [3.63, 3.8) is 0 Å². The zero-order valence-electron chi connectivity index (χ0n) is 18.8. The number of hydrogen-bond acceptors (Lipinski definition) is 4. The highest BCUT2D eigenvalue weighted by Crippen LogP contribution is 2.31. The largest absolute Gasteiger partial charge is 0.389 e. The van der Waals surface area contributed by atoms with Gasteiger partial charge in [0.1, 0.15) is 11.9 Å². The van der Waals surface area contributed by atoms with Gasteiger partial charge in [0, 0.05) is 6.54 Å². The predicted octanol–water partition coefficient (Wildman–Crippen LogP) is 4.74. The van der Waals surface area contributed by atoms with E-state index in [4.69, 9.17) is 4.74 Å². The molecule has 33 heavy (non-hydrogen) atoms. The number of hydrogen-bond donors (Lipinski definition) is 2. The highest BCUT2D eigenvalue weighted by Gasteiger charge is 2.27. The maximum atomic E-state index is 13.1. The van der Waals surface area contributed by atoms with Gasteiger partial charge < -0.3 is 19.8 Å². The maximum Gasteiger partial charge on any atom is 0.123 e. The molecule has 0 saturated carbocycles. The molecule has 0 radical (unpaired) electrons. The minimum absolute atomic E-state index is 0.139. The van der Waals surface area contributed by atoms with Gasteiger partial charge in [-0.3, -0.25) is 0 Å². The minimum Gasteiger partial charge on any atom is -0.389 e. The molecule has 1 fully saturated rings. The summed E-state index contributed by atoms with van der Waals surface area (Å²) in [5, 5.41) is 21.3. The average molecular weight is 450 g/mol. The first kappa shape index (κ1) is 23.6. The number of piperidine rings is 1. The second-order valence-corrected chi connectivity index (χ2v) is 8.82. The van der Waals surface area contributed by atoms with Crippen LogP contribution in [0, 0.1) is 11.7 Å². The van der Waals surface area contributed by atoms with E-state index in [0.717, 1.165) is 42.6 Å². The molecular weight excluding hydrogens is 417 g/mol. The van der Waals surface area contributed by atoms with Crippen LogP contribution in [-0.4, -0.2) is 47.5 Å². The van der Waals surface area contributed by atoms with Crippen molar-refractivity contribution >= 4 is 0 Å². The molecule has 1 aliphatic heterocycles. The molecular formula is C28H32FNO3. The Bertz CT molecular complexity index is 920. The lowest BCUT2D eigenvalue weighted by molar-refractivity contribution is -0.0174. The van der Waals surface area contributed by atoms with Crippen molar-refractivity contribution in [2.45, 2.75) is 31.2 Å². The number of nitrogens with zero attached hydrogens (tertiary/aromatic N) is 1. The van der Waals surface area contributed by atoms with Crippen molar-refractivity contribution < 1.29 is 19.3 Å². The van der Waals surface area contributed by atoms with E-state index >= 15 is 0 Å². The molecule has 0 bridgehead atoms. The lowest BCUT2D eigenvalue weighted by Crippen LogP contribution is -2.41. The van der Waals surface area contributed by atoms with Crippen LogP contribution in [0.3, 0.4) is 0 Å². The third-order valence-electron chi connectivity index (χ3n) is 6.42. The number of halogens is 1. The minimum atomic E-state index is -0.599. The normalized spacial score (nSPS) is 17.2. The van der Waals surface area contributed by atoms with Crippen LogP contribution in [0.2, 0.25) is 0 Å². The average Bonchev–Trinajstić information content (AvgIpc) is 2.86. The summed E-state index contributed by atoms with van der Waals surface area (Å²) in [5.74, 6) is -0.153. The van der Waals surface area contributed by atoms with Gasteiger partial charge in [0.05, 0.1) is 18.8 Å². The van der Waals surface area contributed by atoms with Crippen LogP contribution >= 0.6 is 0 Å². The first-order chi connectivity index (χ1) is 16.1. The molecule has 2 N–H and O–H groups in total. The summed E-state index contributed by atoms with van der Waals surface area (Å²) in [5.41, 5.74) is 2.88. The van der Waals surface area contributed by atoms with Crippen LogP contribution in [0.5, 0.6) is 0 Å². The molecule has 5 heteroatoms. The van der Waals surface area contributed by atoms with Gasteiger partial charge in [-0.15, -0.1) is 0 Å². The van der Waals surface area contributed by atoms with Crippen LogP contribution in [0.1, 0.15) is 41.7 Å². The molecule has 174 valence electrons. The summed E-state index contributed by atoms with van der Waals surface area (Å²) in [4.78, 5) is 2.22. The fourth-order valence-electron chi connectivity index (χ4n) is 4.58. The van der Waals surface area contributed by atoms with Crippen LogP contribution in [0.4, 0.5) is 4.39 Å². The highest BCUT2D eigenvalue weighted by atomic mass is 19.1. The van der Waals surface area contributed by atoms with E-state index in [1.54, 1.807) is 12.1 Å². The van der Waals surface area contributed by atoms with Gasteiger partial charge in [0.2, 0.25) is 0 Å². The molecule has 4 rings (SSSR count). The number of β-amino-alcohol motifs (C(OH)–C–C–N with tert-alkyl or cyclic N) is 1. The second-order valence-electron chi connectivity index (χ2n) is 8.82. The van der Waals surface area contributed by atoms with Crippen molar-refractivity contribution in [2.24, 2.45) is 5.92 Å². The first-order valence-electron chi connectivity index (χ1n) is 11.7. The molecule has 0 amide bonds. The van der Waals surface area contributed by atoms with Gasteiger partial charge in [0.15, 0.2) is 0 Å². The first-order valence-corrected chi connectivity index (χ1v) is 11.7. The molecule has 4 nitrogen and oxygen atoms in total. The van der Waals surface area contributed by atoms with Gasteiger partial charge in [-0.1, -0.05) is 72.8 Å². The number of aliphatic hydroxyl groups excluding tert-OH is 2. The lowest BCUT2D eigenvalue weighted by atomic mass is 9.87. The van der Waals surface area contributed by atoms with E-state index in [1.165, 1.54) is 12.1 Å². The van der Waals surface area contributed by atoms with E-state index in [-0.39, 0.29) is 24.4 Å². The zero-order valence-corrected chi connectivity index (χ0v) is 18.8. The van der Waals surface area contributed by atoms with Crippen LogP contribution in [0.15, 0.2) is 84.9 Å². The predicted molar refractivity (Wildman–Crippen MR) is 127 cm³/mol. The smallest absolute Gasteiger partial charge is 0.123 e. The van der Waals surface area contributed by atoms with Crippen molar-refractivity contribution in [2.75, 3.05) is 26.2 Å². The fourth-order valence-corrected chi connectivity index (χ4v) is 4.58. The summed E-state index contributed by atoms with van der Waals surface area (Å²) in [7, 11) is 0. The molecule has 1 heterocycles. The summed E-state index contributed by atoms with van der Waals surface area (Å²) >= 11 is 0. The Morgan fingerprint density at radius 3 is 1.88 bits per heavy atom. The molecule has 3 aromatic rings. The zero-order chi connectivity index (χ0) is 23.0. The molecule has 0 spiro atoms. The lowest BCUT2D eigenvalue weighted by Gasteiger charge is -2.35. The molecule has 1 aliphatic rings. The number of likely N-dealkylation sites (tertiary alicyclic amines) is 1. The maximum absolute atomic E-state index is 13.1. The van der Waals surface area contributed by atoms with Crippen molar-refractivity contribution in [3.8, 4) is 0 Å². The Balaban J connectivity index is 1.27. The molecule has 2 unspecified atom stereocenters. The van der Waals surface area contributed by atoms with Crippen LogP contribution in [0.25, 0.3) is 0 Å². The molecule has 1 saturated heterocycles. The molecule has 0 aromatic heterocycles. The number of aliphatic hydroxyl groups is 2. The highest BCUT2D eigenvalue weighted by molar-refractivity contribution is 5.29. The van der Waals surface area contributed by atoms with Crippen molar-refractivity contribution in [3.05, 3.63) is 107 Å². The van der Waals surface area contributed by atoms with Gasteiger partial charge in [0.25, 0.3) is 0 Å². The number of rotatable bonds is 9. The fraction of sp³-hybridized carbons (Fsp3) is 0.357. The van der Waals surface area contributed by atoms with Gasteiger partial charge in [-0.2, -0.15) is 0 Å². The molecule has 0 aliphatic carbocycles. The summed E-state index contributed by atoms with van der Waals surface area (Å²) in [6.45, 7) is 2.39. The third-order valence-corrected chi connectivity index (χ3v) is 6.42. The van der Waals surface area contributed by atoms with Crippen molar-refractivity contribution in [1.82, 2.24) is 4.90 Å². The van der Waals surface area contributed by atoms with Crippen LogP contribution in [-0.2, 0) is 4.74 Å². The molecule has 3 aromatic carbocycles. The van der Waals surface area contributed by atoms with Gasteiger partial charge in [-0.05, 0) is 60.7 Å². The SMILES string of the molecule is OC(COC(c1ccccc1)c1ccccc1)CN1CCC(C(O)c2ccc(F)cc2)CC1. The number of ether oxygens (including phenoxy) is 1. The number of benzene rings is 3. The summed E-state index contributed by atoms with van der Waals surface area (Å²) in [6.07, 6.45) is 0.265. The van der Waals surface area contributed by atoms with Crippen LogP contribution < -0.4 is 0 Å². The summed E-state index contributed by atoms with van der Waals surface area (Å²) < 4.78 is 19.3. The summed E-state index contributed by atoms with van der Waals surface area (Å²) in [6, 6.07) is 26.2. The van der Waals surface area contributed by atoms with E-state index in [9.17, 15) is 14.6 Å². The van der Waals surface area contributed by atoms with E-state index < -0.39 is 12.2 Å². The Labute approximate surface area is 195 Å². The Hall–Kier alpha value is -2.57. The topological polar surface area (TPSA) is 52.9 Å². The second kappa shape index (κ2) is 11.5. The van der Waals surface area contributed by atoms with Crippen molar-refractivity contribution in [1.29, 1.82) is 0 Å². The van der Waals surface area contributed by atoms with Gasteiger partial charge in [-0.25, -0.2) is 4.39 Å². The Morgan fingerprint density at radius 2 is 1.33 bits per heavy atom. The van der Waals surface area contributed by atoms with E-state index in [0.29, 0.717) is 6.54 Å². The Kier molecular flexibility index (Phi) is 8.24. The third kappa shape index (κ3) is 6.49. The Morgan fingerprint density at radius 1 is 0.788 bits per heavy atom. The van der Waals surface area contributed by atoms with E-state index in [1.807, 2.05) is 60.7 Å². The van der Waals surface area contributed by atoms with E-state index in [2.05, 4.69) is 4.90 Å².